The number of pyridine rings is 1. The average molecular weight is 381 g/mol. The molecule has 2 N–H and O–H groups in total. The third-order valence-electron chi connectivity index (χ3n) is 5.76. The lowest BCUT2D eigenvalue weighted by Gasteiger charge is -2.41. The summed E-state index contributed by atoms with van der Waals surface area (Å²) in [6.07, 6.45) is 6.80. The Bertz CT molecular complexity index is 1180. The molecule has 7 nitrogen and oxygen atoms in total. The zero-order valence-electron chi connectivity index (χ0n) is 15.8. The lowest BCUT2D eigenvalue weighted by Crippen LogP contribution is -2.41. The van der Waals surface area contributed by atoms with Crippen LogP contribution in [-0.4, -0.2) is 31.9 Å². The largest absolute Gasteiger partial charge is 0.368 e. The maximum Gasteiger partial charge on any atom is 0.148 e. The maximum absolute atomic E-state index is 8.98. The fourth-order valence-electron chi connectivity index (χ4n) is 3.84. The van der Waals surface area contributed by atoms with Gasteiger partial charge in [-0.1, -0.05) is 12.5 Å². The van der Waals surface area contributed by atoms with Gasteiger partial charge in [-0.3, -0.25) is 10.1 Å². The second-order valence-electron chi connectivity index (χ2n) is 7.51. The number of aromatic amines is 1. The Morgan fingerprint density at radius 1 is 1.07 bits per heavy atom. The van der Waals surface area contributed by atoms with E-state index in [1.807, 2.05) is 36.4 Å². The summed E-state index contributed by atoms with van der Waals surface area (Å²) in [6.45, 7) is 0.751. The molecule has 5 rings (SSSR count). The number of nitriles is 1. The van der Waals surface area contributed by atoms with Crippen LogP contribution < -0.4 is 5.32 Å². The van der Waals surface area contributed by atoms with Gasteiger partial charge in [-0.25, -0.2) is 0 Å². The molecule has 1 fully saturated rings. The van der Waals surface area contributed by atoms with Crippen molar-refractivity contribution in [2.24, 2.45) is 0 Å². The van der Waals surface area contributed by atoms with Crippen LogP contribution in [0.25, 0.3) is 22.2 Å². The van der Waals surface area contributed by atoms with Gasteiger partial charge in [0.1, 0.15) is 11.9 Å². The Kier molecular flexibility index (Phi) is 4.17. The summed E-state index contributed by atoms with van der Waals surface area (Å²) < 4.78 is 0. The summed E-state index contributed by atoms with van der Waals surface area (Å²) in [4.78, 5) is 4.52. The Hall–Kier alpha value is -3.79. The number of hydrogen-bond donors (Lipinski definition) is 2. The number of nitrogens with zero attached hydrogens (tertiary/aromatic N) is 5. The Morgan fingerprint density at radius 2 is 2.00 bits per heavy atom. The summed E-state index contributed by atoms with van der Waals surface area (Å²) in [5.41, 5.74) is 4.46. The first kappa shape index (κ1) is 17.3. The fourth-order valence-corrected chi connectivity index (χ4v) is 3.84. The summed E-state index contributed by atoms with van der Waals surface area (Å²) in [7, 11) is 0. The van der Waals surface area contributed by atoms with E-state index in [9.17, 15) is 0 Å². The third-order valence-corrected chi connectivity index (χ3v) is 5.76. The number of fused-ring (bicyclic) bond motifs is 1. The van der Waals surface area contributed by atoms with Gasteiger partial charge < -0.3 is 5.32 Å². The zero-order valence-corrected chi connectivity index (χ0v) is 15.8. The highest BCUT2D eigenvalue weighted by atomic mass is 15.2. The normalized spacial score (nSPS) is 14.9. The molecule has 0 spiro atoms. The number of rotatable bonds is 5. The summed E-state index contributed by atoms with van der Waals surface area (Å²) in [5.74, 6) is 0.748. The van der Waals surface area contributed by atoms with Crippen molar-refractivity contribution in [2.45, 2.75) is 24.7 Å². The molecule has 0 atom stereocenters. The van der Waals surface area contributed by atoms with Crippen LogP contribution in [0.4, 0.5) is 5.82 Å². The highest BCUT2D eigenvalue weighted by molar-refractivity contribution is 5.83. The van der Waals surface area contributed by atoms with Crippen LogP contribution in [0.2, 0.25) is 0 Å². The van der Waals surface area contributed by atoms with Crippen LogP contribution in [0.1, 0.15) is 30.5 Å². The minimum atomic E-state index is 0.000651. The minimum absolute atomic E-state index is 0.000651. The van der Waals surface area contributed by atoms with Crippen LogP contribution in [0.15, 0.2) is 54.9 Å². The van der Waals surface area contributed by atoms with Gasteiger partial charge in [-0.2, -0.15) is 10.4 Å². The van der Waals surface area contributed by atoms with Gasteiger partial charge in [0, 0.05) is 34.8 Å². The second-order valence-corrected chi connectivity index (χ2v) is 7.51. The van der Waals surface area contributed by atoms with E-state index in [1.165, 1.54) is 6.42 Å². The van der Waals surface area contributed by atoms with E-state index in [0.717, 1.165) is 53.1 Å². The monoisotopic (exact) mass is 381 g/mol. The third kappa shape index (κ3) is 3.19. The number of benzene rings is 1. The molecule has 142 valence electrons. The SMILES string of the molecule is N#Cc1ccc(C2(CNc3ccc(-c4ccc5[nH]ncc5c4)nn3)CCC2)nc1. The summed E-state index contributed by atoms with van der Waals surface area (Å²) >= 11 is 0. The summed E-state index contributed by atoms with van der Waals surface area (Å²) in [6, 6.07) is 15.9. The fraction of sp³-hybridized carbons (Fsp3) is 0.227. The quantitative estimate of drug-likeness (QED) is 0.545. The molecule has 4 aromatic rings. The van der Waals surface area contributed by atoms with Gasteiger partial charge in [-0.05, 0) is 49.2 Å². The molecule has 0 amide bonds. The Labute approximate surface area is 167 Å². The van der Waals surface area contributed by atoms with Crippen molar-refractivity contribution < 1.29 is 0 Å². The molecule has 0 saturated heterocycles. The molecule has 0 radical (unpaired) electrons. The van der Waals surface area contributed by atoms with E-state index in [2.05, 4.69) is 42.8 Å². The standard InChI is InChI=1S/C22H19N7/c23-11-15-2-6-20(24-12-15)22(8-1-9-22)14-25-21-7-5-18(28-29-21)16-3-4-19-17(10-16)13-26-27-19/h2-7,10,12-13H,1,8-9,14H2,(H,25,29)(H,26,27). The molecule has 1 aromatic carbocycles. The molecule has 29 heavy (non-hydrogen) atoms. The number of aromatic nitrogens is 5. The van der Waals surface area contributed by atoms with E-state index in [-0.39, 0.29) is 5.41 Å². The topological polar surface area (TPSA) is 103 Å². The van der Waals surface area contributed by atoms with Gasteiger partial charge in [0.15, 0.2) is 0 Å². The van der Waals surface area contributed by atoms with Crippen LogP contribution in [0.3, 0.4) is 0 Å². The van der Waals surface area contributed by atoms with Crippen molar-refractivity contribution in [2.75, 3.05) is 11.9 Å². The number of hydrogen-bond acceptors (Lipinski definition) is 6. The van der Waals surface area contributed by atoms with Crippen molar-refractivity contribution in [3.63, 3.8) is 0 Å². The highest BCUT2D eigenvalue weighted by Gasteiger charge is 2.39. The molecular weight excluding hydrogens is 362 g/mol. The first-order chi connectivity index (χ1) is 14.3. The van der Waals surface area contributed by atoms with Gasteiger partial charge in [0.05, 0.1) is 23.0 Å². The predicted octanol–water partition coefficient (Wildman–Crippen LogP) is 3.82. The molecular formula is C22H19N7. The van der Waals surface area contributed by atoms with E-state index in [1.54, 1.807) is 12.4 Å². The first-order valence-corrected chi connectivity index (χ1v) is 9.64. The van der Waals surface area contributed by atoms with Crippen LogP contribution in [0, 0.1) is 11.3 Å². The molecule has 1 aliphatic carbocycles. The number of nitrogens with one attached hydrogen (secondary N) is 2. The van der Waals surface area contributed by atoms with Crippen molar-refractivity contribution in [1.29, 1.82) is 5.26 Å². The van der Waals surface area contributed by atoms with Crippen LogP contribution in [-0.2, 0) is 5.41 Å². The zero-order chi connectivity index (χ0) is 19.7. The first-order valence-electron chi connectivity index (χ1n) is 9.64. The van der Waals surface area contributed by atoms with E-state index in [4.69, 9.17) is 5.26 Å². The Morgan fingerprint density at radius 3 is 2.69 bits per heavy atom. The number of H-pyrrole nitrogens is 1. The molecule has 3 heterocycles. The maximum atomic E-state index is 8.98. The molecule has 0 aliphatic heterocycles. The molecule has 7 heteroatoms. The van der Waals surface area contributed by atoms with Crippen LogP contribution >= 0.6 is 0 Å². The van der Waals surface area contributed by atoms with Gasteiger partial charge >= 0.3 is 0 Å². The smallest absolute Gasteiger partial charge is 0.148 e. The van der Waals surface area contributed by atoms with Crippen molar-refractivity contribution in [3.05, 3.63) is 66.1 Å². The van der Waals surface area contributed by atoms with E-state index in [0.29, 0.717) is 5.56 Å². The summed E-state index contributed by atoms with van der Waals surface area (Å²) in [5, 5.41) is 29.2. The molecule has 1 aliphatic rings. The van der Waals surface area contributed by atoms with E-state index >= 15 is 0 Å². The van der Waals surface area contributed by atoms with Gasteiger partial charge in [-0.15, -0.1) is 10.2 Å². The lowest BCUT2D eigenvalue weighted by atomic mass is 9.66. The van der Waals surface area contributed by atoms with Crippen molar-refractivity contribution in [3.8, 4) is 17.3 Å². The molecule has 0 bridgehead atoms. The molecule has 1 saturated carbocycles. The highest BCUT2D eigenvalue weighted by Crippen LogP contribution is 2.42. The predicted molar refractivity (Wildman–Crippen MR) is 110 cm³/mol. The minimum Gasteiger partial charge on any atom is -0.368 e. The average Bonchev–Trinajstić information content (AvgIpc) is 3.22. The molecule has 3 aromatic heterocycles. The van der Waals surface area contributed by atoms with E-state index < -0.39 is 0 Å². The van der Waals surface area contributed by atoms with Gasteiger partial charge in [0.2, 0.25) is 0 Å². The molecule has 0 unspecified atom stereocenters. The van der Waals surface area contributed by atoms with Crippen molar-refractivity contribution >= 4 is 16.7 Å². The van der Waals surface area contributed by atoms with Crippen LogP contribution in [0.5, 0.6) is 0 Å². The lowest BCUT2D eigenvalue weighted by molar-refractivity contribution is 0.253. The van der Waals surface area contributed by atoms with Crippen molar-refractivity contribution in [1.82, 2.24) is 25.4 Å². The Balaban J connectivity index is 1.31. The number of anilines is 1. The van der Waals surface area contributed by atoms with Gasteiger partial charge in [0.25, 0.3) is 0 Å². The second kappa shape index (κ2) is 6.99.